The molecule has 532 valence electrons. The largest absolute Gasteiger partial charge is 0.394 e. The monoisotopic (exact) mass is 1440 g/mol. The number of nitrogens with zero attached hydrogens (tertiary/aromatic N) is 1. The number of rotatable bonds is 8. The molecule has 23 rings (SSSR count). The van der Waals surface area contributed by atoms with Crippen molar-refractivity contribution in [3.8, 4) is 0 Å². The van der Waals surface area contributed by atoms with Gasteiger partial charge in [-0.15, -0.1) is 24.0 Å². The van der Waals surface area contributed by atoms with Crippen LogP contribution in [0.15, 0.2) is 0 Å². The molecule has 37 atom stereocenters. The van der Waals surface area contributed by atoms with Crippen LogP contribution in [-0.4, -0.2) is 392 Å². The number of hydrogen-bond acceptors (Lipinski definition) is 36. The molecule has 0 aromatic heterocycles. The summed E-state index contributed by atoms with van der Waals surface area (Å²) in [4.78, 5) is 2.69. The maximum absolute atomic E-state index is 11.3. The zero-order chi connectivity index (χ0) is 65.7. The van der Waals surface area contributed by atoms with E-state index in [0.717, 1.165) is 6.04 Å². The number of fused-ring (bicyclic) bond motifs is 2. The van der Waals surface area contributed by atoms with Crippen LogP contribution in [0.3, 0.4) is 0 Å². The van der Waals surface area contributed by atoms with Crippen LogP contribution in [0.4, 0.5) is 0 Å². The number of halogens is 1. The molecular weight excluding hydrogens is 1350 g/mol. The van der Waals surface area contributed by atoms with Crippen molar-refractivity contribution in [1.82, 2.24) is 4.90 Å². The lowest BCUT2D eigenvalue weighted by Crippen LogP contribution is -2.68. The molecule has 0 spiro atoms. The van der Waals surface area contributed by atoms with Crippen LogP contribution >= 0.6 is 24.0 Å². The van der Waals surface area contributed by atoms with Gasteiger partial charge in [-0.2, -0.15) is 0 Å². The normalized spacial score (nSPS) is 53.1. The van der Waals surface area contributed by atoms with Gasteiger partial charge in [0.1, 0.15) is 171 Å². The summed E-state index contributed by atoms with van der Waals surface area (Å²) in [5.41, 5.74) is 1.21. The predicted octanol–water partition coefficient (Wildman–Crippen LogP) is -11.7. The summed E-state index contributed by atoms with van der Waals surface area (Å²) < 4.78 is 79.5. The molecule has 0 amide bonds. The SMILES string of the molecule is CCN1CC2(C)CC1CC(C)(C)C2.I.OC[C@H]1O[C@@H]2O[C@H]3[C@H](O)[C@@H](O)[C@@H](O[C@H]4[C@H](O)[C@@H](O)[C@@H](O[C@H]5[C@H](O)[C@@H](O)[C@@H](O[C@H]6[C@H](O)[C@@H](O)[C@@H](O[C@H]7[C@H](O)[C@@H](O)[C@@H](O[C@H]8[C@H](O)[C@@H](O)[C@@H](O[C@H]1[C@H](O)[C@H]2O)O[C@@H]8CO)O[C@@H]7CO)O[C@@H]6CO)O[C@@H]5CO)O[C@@H]4CO)O[C@@H]3CO. The van der Waals surface area contributed by atoms with Crippen molar-refractivity contribution >= 4 is 24.0 Å². The second kappa shape index (κ2) is 31.7. The molecule has 36 nitrogen and oxygen atoms in total. The Morgan fingerprint density at radius 2 is 0.484 bits per heavy atom. The lowest BCUT2D eigenvalue weighted by molar-refractivity contribution is -0.396. The molecule has 0 aromatic rings. The summed E-state index contributed by atoms with van der Waals surface area (Å²) in [6.07, 6.45) is -66.0. The van der Waals surface area contributed by atoms with E-state index in [-0.39, 0.29) is 24.0 Å². The van der Waals surface area contributed by atoms with Crippen LogP contribution in [-0.2, 0) is 66.3 Å². The maximum atomic E-state index is 11.3. The minimum absolute atomic E-state index is 0. The Labute approximate surface area is 538 Å². The third-order valence-corrected chi connectivity index (χ3v) is 18.7. The van der Waals surface area contributed by atoms with E-state index in [9.17, 15) is 107 Å². The molecule has 91 heavy (non-hydrogen) atoms. The van der Waals surface area contributed by atoms with Crippen molar-refractivity contribution in [3.05, 3.63) is 0 Å². The quantitative estimate of drug-likeness (QED) is 0.100. The zero-order valence-corrected chi connectivity index (χ0v) is 52.6. The van der Waals surface area contributed by atoms with Gasteiger partial charge in [-0.3, -0.25) is 0 Å². The lowest BCUT2D eigenvalue weighted by atomic mass is 9.65. The van der Waals surface area contributed by atoms with E-state index in [1.54, 1.807) is 0 Å². The van der Waals surface area contributed by atoms with Gasteiger partial charge in [0.05, 0.1) is 46.2 Å². The fourth-order valence-electron chi connectivity index (χ4n) is 14.4. The Kier molecular flexibility index (Phi) is 26.5. The molecule has 0 radical (unpaired) electrons. The molecule has 22 saturated heterocycles. The molecule has 22 aliphatic heterocycles. The summed E-state index contributed by atoms with van der Waals surface area (Å²) in [5, 5.41) is 230. The molecule has 1 aliphatic carbocycles. The standard InChI is InChI=1S/C42H70O35.C12H23N.HI/c43-1-8-29-15(50)22(57)36(64-8)72-30-9(2-44)66-38(24(59)17(30)52)74-32-11(4-46)68-40(26(61)19(32)54)76-34-13(6-48)70-42(28(63)21(34)56)77-35-14(7-49)69-41(27(62)20(35)55)75-33-12(5-47)67-39(25(60)18(33)53)73-31-10(3-45)65-37(71-29)23(58)16(31)51;1-5-13-9-12(4)7-10(13)6-11(2,3)8-12;/h8-63H,1-7H2;10H,5-9H2,1-4H3;1H/t8-,9-,10-,11-,12-,13-,14-,15-,16-,17-,18-,19-,20-,21-,22-,23-,24-,25-,26-,27-,28-,29-,30-,31-,32-,33-,34-,35-,36-,37-,38-,39-,40-,41-,42-;;/m1../s1. The Bertz CT molecular complexity index is 1880. The summed E-state index contributed by atoms with van der Waals surface area (Å²) in [6, 6.07) is 0.888. The van der Waals surface area contributed by atoms with Crippen molar-refractivity contribution in [3.63, 3.8) is 0 Å². The van der Waals surface area contributed by atoms with Gasteiger partial charge < -0.3 is 178 Å². The molecular formula is C54H94INO35. The molecule has 37 heteroatoms. The van der Waals surface area contributed by atoms with Crippen molar-refractivity contribution in [2.45, 2.75) is 268 Å². The topological polar surface area (TPSA) is 557 Å². The van der Waals surface area contributed by atoms with Crippen molar-refractivity contribution in [2.24, 2.45) is 10.8 Å². The third-order valence-electron chi connectivity index (χ3n) is 18.7. The summed E-state index contributed by atoms with van der Waals surface area (Å²) in [7, 11) is 0. The number of aliphatic hydroxyl groups excluding tert-OH is 21. The Morgan fingerprint density at radius 1 is 0.297 bits per heavy atom. The highest BCUT2D eigenvalue weighted by molar-refractivity contribution is 14.0. The van der Waals surface area contributed by atoms with Crippen LogP contribution in [0, 0.1) is 10.8 Å². The van der Waals surface area contributed by atoms with Gasteiger partial charge in [0.15, 0.2) is 44.0 Å². The number of likely N-dealkylation sites (tertiary alicyclic amines) is 1. The van der Waals surface area contributed by atoms with E-state index < -0.39 is 261 Å². The second-order valence-electron chi connectivity index (χ2n) is 25.9. The van der Waals surface area contributed by atoms with Crippen LogP contribution < -0.4 is 0 Å². The lowest BCUT2D eigenvalue weighted by Gasteiger charge is -2.50. The Morgan fingerprint density at radius 3 is 0.648 bits per heavy atom. The van der Waals surface area contributed by atoms with E-state index in [1.807, 2.05) is 0 Å². The summed E-state index contributed by atoms with van der Waals surface area (Å²) in [5.74, 6) is 0. The molecule has 23 aliphatic rings. The highest BCUT2D eigenvalue weighted by atomic mass is 127. The van der Waals surface area contributed by atoms with Crippen molar-refractivity contribution in [2.75, 3.05) is 59.3 Å². The smallest absolute Gasteiger partial charge is 0.187 e. The first kappa shape index (κ1) is 76.1. The number of aliphatic hydroxyl groups is 21. The Hall–Kier alpha value is -0.710. The minimum atomic E-state index is -2.21. The van der Waals surface area contributed by atoms with Crippen LogP contribution in [0.1, 0.15) is 47.0 Å². The van der Waals surface area contributed by atoms with Crippen molar-refractivity contribution < 1.29 is 174 Å². The fraction of sp³-hybridized carbons (Fsp3) is 1.00. The first-order valence-corrected chi connectivity index (χ1v) is 30.3. The minimum Gasteiger partial charge on any atom is -0.394 e. The van der Waals surface area contributed by atoms with Crippen LogP contribution in [0.2, 0.25) is 0 Å². The molecule has 21 N–H and O–H groups in total. The van der Waals surface area contributed by atoms with E-state index in [4.69, 9.17) is 66.3 Å². The van der Waals surface area contributed by atoms with Gasteiger partial charge in [-0.1, -0.05) is 27.7 Å². The summed E-state index contributed by atoms with van der Waals surface area (Å²) >= 11 is 0. The summed E-state index contributed by atoms with van der Waals surface area (Å²) in [6.45, 7) is 4.93. The van der Waals surface area contributed by atoms with Crippen molar-refractivity contribution in [1.29, 1.82) is 0 Å². The van der Waals surface area contributed by atoms with E-state index >= 15 is 0 Å². The Balaban J connectivity index is 0.000000673. The molecule has 2 unspecified atom stereocenters. The van der Waals surface area contributed by atoms with Gasteiger partial charge in [0.25, 0.3) is 0 Å². The first-order chi connectivity index (χ1) is 42.6. The average Bonchev–Trinajstić information content (AvgIpc) is 1.80. The second-order valence-corrected chi connectivity index (χ2v) is 25.9. The van der Waals surface area contributed by atoms with Gasteiger partial charge in [0.2, 0.25) is 0 Å². The van der Waals surface area contributed by atoms with E-state index in [1.165, 1.54) is 32.4 Å². The van der Waals surface area contributed by atoms with Crippen LogP contribution in [0.5, 0.6) is 0 Å². The maximum Gasteiger partial charge on any atom is 0.187 e. The number of ether oxygens (including phenoxy) is 14. The first-order valence-electron chi connectivity index (χ1n) is 30.3. The molecule has 23 fully saturated rings. The van der Waals surface area contributed by atoms with Crippen LogP contribution in [0.25, 0.3) is 0 Å². The van der Waals surface area contributed by atoms with E-state index in [0.29, 0.717) is 10.8 Å². The highest BCUT2D eigenvalue weighted by Crippen LogP contribution is 2.52. The molecule has 0 aromatic carbocycles. The van der Waals surface area contributed by atoms with Gasteiger partial charge >= 0.3 is 0 Å². The van der Waals surface area contributed by atoms with Gasteiger partial charge in [0, 0.05) is 12.6 Å². The van der Waals surface area contributed by atoms with Gasteiger partial charge in [-0.25, -0.2) is 0 Å². The average molecular weight is 1440 g/mol. The number of hydrogen-bond donors (Lipinski definition) is 21. The van der Waals surface area contributed by atoms with Gasteiger partial charge in [-0.05, 0) is 36.6 Å². The molecule has 22 heterocycles. The molecule has 16 bridgehead atoms. The zero-order valence-electron chi connectivity index (χ0n) is 50.2. The highest BCUT2D eigenvalue weighted by Gasteiger charge is 2.60. The third kappa shape index (κ3) is 15.7. The fourth-order valence-corrected chi connectivity index (χ4v) is 14.4. The predicted molar refractivity (Wildman–Crippen MR) is 301 cm³/mol. The molecule has 1 saturated carbocycles. The van der Waals surface area contributed by atoms with E-state index in [2.05, 4.69) is 32.6 Å².